The first-order valence-electron chi connectivity index (χ1n) is 7.43. The van der Waals surface area contributed by atoms with E-state index in [1.807, 2.05) is 0 Å². The van der Waals surface area contributed by atoms with Gasteiger partial charge in [0.25, 0.3) is 5.91 Å². The Morgan fingerprint density at radius 1 is 1.23 bits per heavy atom. The summed E-state index contributed by atoms with van der Waals surface area (Å²) in [6, 6.07) is 1.67. The number of unbranched alkanes of at least 4 members (excludes halogenated alkanes) is 3. The molecule has 0 aliphatic rings. The molecule has 0 bridgehead atoms. The minimum absolute atomic E-state index is 0.256. The lowest BCUT2D eigenvalue weighted by molar-refractivity contribution is -0.138. The molecule has 1 aromatic carbocycles. The van der Waals surface area contributed by atoms with Gasteiger partial charge in [-0.1, -0.05) is 32.6 Å². The Hall–Kier alpha value is -1.59. The van der Waals surface area contributed by atoms with Crippen molar-refractivity contribution in [2.75, 3.05) is 0 Å². The third-order valence-corrected chi connectivity index (χ3v) is 3.40. The summed E-state index contributed by atoms with van der Waals surface area (Å²) in [5.74, 6) is -1.76. The van der Waals surface area contributed by atoms with Crippen LogP contribution in [-0.2, 0) is 6.18 Å². The zero-order chi connectivity index (χ0) is 16.8. The van der Waals surface area contributed by atoms with E-state index in [0.717, 1.165) is 25.7 Å². The van der Waals surface area contributed by atoms with Crippen LogP contribution in [0.4, 0.5) is 17.6 Å². The molecule has 0 saturated carbocycles. The Balaban J connectivity index is 2.74. The first-order valence-corrected chi connectivity index (χ1v) is 7.43. The Morgan fingerprint density at radius 2 is 1.91 bits per heavy atom. The molecule has 22 heavy (non-hydrogen) atoms. The first kappa shape index (κ1) is 18.5. The number of amides is 1. The number of hydrogen-bond acceptors (Lipinski definition) is 1. The first-order chi connectivity index (χ1) is 10.3. The molecule has 6 heteroatoms. The normalized spacial score (nSPS) is 13.0. The van der Waals surface area contributed by atoms with Crippen LogP contribution in [0.2, 0.25) is 0 Å². The van der Waals surface area contributed by atoms with Gasteiger partial charge in [0.2, 0.25) is 0 Å². The fourth-order valence-corrected chi connectivity index (χ4v) is 2.20. The molecule has 1 N–H and O–H groups in total. The topological polar surface area (TPSA) is 29.1 Å². The lowest BCUT2D eigenvalue weighted by Gasteiger charge is -2.17. The standard InChI is InChI=1S/C16H21F4NO/c1-3-4-5-6-7-11(2)21-15(22)13-10-12(17)8-9-14(13)16(18,19)20/h8-11H,3-7H2,1-2H3,(H,21,22). The zero-order valence-corrected chi connectivity index (χ0v) is 12.8. The molecule has 0 aromatic heterocycles. The molecule has 0 aliphatic carbocycles. The van der Waals surface area contributed by atoms with Crippen LogP contribution in [0.25, 0.3) is 0 Å². The number of halogens is 4. The summed E-state index contributed by atoms with van der Waals surface area (Å²) >= 11 is 0. The minimum atomic E-state index is -4.69. The molecule has 1 unspecified atom stereocenters. The lowest BCUT2D eigenvalue weighted by atomic mass is 10.0. The maximum Gasteiger partial charge on any atom is 0.417 e. The van der Waals surface area contributed by atoms with Crippen LogP contribution in [-0.4, -0.2) is 11.9 Å². The molecule has 124 valence electrons. The third kappa shape index (κ3) is 5.66. The van der Waals surface area contributed by atoms with Crippen molar-refractivity contribution in [3.8, 4) is 0 Å². The molecule has 1 amide bonds. The third-order valence-electron chi connectivity index (χ3n) is 3.40. The van der Waals surface area contributed by atoms with Crippen molar-refractivity contribution in [3.05, 3.63) is 35.1 Å². The second kappa shape index (κ2) is 8.15. The van der Waals surface area contributed by atoms with Crippen LogP contribution in [0.15, 0.2) is 18.2 Å². The van der Waals surface area contributed by atoms with Crippen LogP contribution in [0.3, 0.4) is 0 Å². The predicted molar refractivity (Wildman–Crippen MR) is 77.1 cm³/mol. The zero-order valence-electron chi connectivity index (χ0n) is 12.8. The number of benzene rings is 1. The van der Waals surface area contributed by atoms with Crippen molar-refractivity contribution >= 4 is 5.91 Å². The van der Waals surface area contributed by atoms with Gasteiger partial charge >= 0.3 is 6.18 Å². The van der Waals surface area contributed by atoms with Gasteiger partial charge in [-0.3, -0.25) is 4.79 Å². The van der Waals surface area contributed by atoms with Gasteiger partial charge in [0.15, 0.2) is 0 Å². The molecule has 1 atom stereocenters. The van der Waals surface area contributed by atoms with Crippen LogP contribution >= 0.6 is 0 Å². The molecule has 2 nitrogen and oxygen atoms in total. The highest BCUT2D eigenvalue weighted by molar-refractivity contribution is 5.96. The van der Waals surface area contributed by atoms with E-state index in [9.17, 15) is 22.4 Å². The monoisotopic (exact) mass is 319 g/mol. The Kier molecular flexibility index (Phi) is 6.84. The minimum Gasteiger partial charge on any atom is -0.350 e. The summed E-state index contributed by atoms with van der Waals surface area (Å²) < 4.78 is 51.8. The van der Waals surface area contributed by atoms with Gasteiger partial charge in [-0.05, 0) is 31.5 Å². The summed E-state index contributed by atoms with van der Waals surface area (Å²) in [6.45, 7) is 3.81. The molecule has 0 radical (unpaired) electrons. The van der Waals surface area contributed by atoms with Crippen LogP contribution in [0, 0.1) is 5.82 Å². The van der Waals surface area contributed by atoms with Crippen molar-refractivity contribution in [2.45, 2.75) is 58.2 Å². The summed E-state index contributed by atoms with van der Waals surface area (Å²) in [5, 5.41) is 2.51. The van der Waals surface area contributed by atoms with Crippen molar-refractivity contribution < 1.29 is 22.4 Å². The molecule has 1 aromatic rings. The van der Waals surface area contributed by atoms with E-state index in [1.54, 1.807) is 6.92 Å². The summed E-state index contributed by atoms with van der Waals surface area (Å²) in [5.41, 5.74) is -1.79. The van der Waals surface area contributed by atoms with E-state index in [2.05, 4.69) is 12.2 Å². The smallest absolute Gasteiger partial charge is 0.350 e. The van der Waals surface area contributed by atoms with E-state index in [1.165, 1.54) is 0 Å². The average Bonchev–Trinajstić information content (AvgIpc) is 2.42. The fourth-order valence-electron chi connectivity index (χ4n) is 2.20. The number of hydrogen-bond donors (Lipinski definition) is 1. The predicted octanol–water partition coefficient (Wildman–Crippen LogP) is 4.93. The lowest BCUT2D eigenvalue weighted by Crippen LogP contribution is -2.34. The van der Waals surface area contributed by atoms with Gasteiger partial charge in [0.1, 0.15) is 5.82 Å². The number of alkyl halides is 3. The van der Waals surface area contributed by atoms with Crippen LogP contribution < -0.4 is 5.32 Å². The molecular formula is C16H21F4NO. The summed E-state index contributed by atoms with van der Waals surface area (Å²) in [7, 11) is 0. The highest BCUT2D eigenvalue weighted by Gasteiger charge is 2.35. The number of nitrogens with one attached hydrogen (secondary N) is 1. The molecule has 0 saturated heterocycles. The average molecular weight is 319 g/mol. The van der Waals surface area contributed by atoms with Gasteiger partial charge in [0, 0.05) is 6.04 Å². The van der Waals surface area contributed by atoms with Gasteiger partial charge in [-0.2, -0.15) is 13.2 Å². The van der Waals surface area contributed by atoms with Gasteiger partial charge in [0.05, 0.1) is 11.1 Å². The summed E-state index contributed by atoms with van der Waals surface area (Å²) in [6.07, 6.45) is 0.0734. The quantitative estimate of drug-likeness (QED) is 0.560. The highest BCUT2D eigenvalue weighted by atomic mass is 19.4. The largest absolute Gasteiger partial charge is 0.417 e. The Morgan fingerprint density at radius 3 is 2.50 bits per heavy atom. The van der Waals surface area contributed by atoms with Crippen molar-refractivity contribution in [1.29, 1.82) is 0 Å². The van der Waals surface area contributed by atoms with E-state index < -0.39 is 29.0 Å². The molecule has 0 spiro atoms. The van der Waals surface area contributed by atoms with Crippen LogP contribution in [0.1, 0.15) is 61.9 Å². The Bertz CT molecular complexity index is 499. The maximum atomic E-state index is 13.2. The molecular weight excluding hydrogens is 298 g/mol. The van der Waals surface area contributed by atoms with Crippen molar-refractivity contribution in [1.82, 2.24) is 5.32 Å². The van der Waals surface area contributed by atoms with Crippen LogP contribution in [0.5, 0.6) is 0 Å². The summed E-state index contributed by atoms with van der Waals surface area (Å²) in [4.78, 5) is 12.0. The second-order valence-electron chi connectivity index (χ2n) is 5.41. The number of carbonyl (C=O) groups excluding carboxylic acids is 1. The van der Waals surface area contributed by atoms with Gasteiger partial charge < -0.3 is 5.32 Å². The second-order valence-corrected chi connectivity index (χ2v) is 5.41. The number of rotatable bonds is 7. The maximum absolute atomic E-state index is 13.2. The van der Waals surface area contributed by atoms with E-state index in [0.29, 0.717) is 24.6 Å². The van der Waals surface area contributed by atoms with E-state index in [4.69, 9.17) is 0 Å². The number of carbonyl (C=O) groups is 1. The molecule has 1 rings (SSSR count). The van der Waals surface area contributed by atoms with Crippen molar-refractivity contribution in [3.63, 3.8) is 0 Å². The van der Waals surface area contributed by atoms with Crippen molar-refractivity contribution in [2.24, 2.45) is 0 Å². The van der Waals surface area contributed by atoms with E-state index >= 15 is 0 Å². The van der Waals surface area contributed by atoms with E-state index in [-0.39, 0.29) is 6.04 Å². The van der Waals surface area contributed by atoms with Gasteiger partial charge in [-0.25, -0.2) is 4.39 Å². The highest BCUT2D eigenvalue weighted by Crippen LogP contribution is 2.32. The molecule has 0 fully saturated rings. The fraction of sp³-hybridized carbons (Fsp3) is 0.562. The SMILES string of the molecule is CCCCCCC(C)NC(=O)c1cc(F)ccc1C(F)(F)F. The molecule has 0 heterocycles. The molecule has 0 aliphatic heterocycles. The Labute approximate surface area is 127 Å². The van der Waals surface area contributed by atoms with Gasteiger partial charge in [-0.15, -0.1) is 0 Å².